The van der Waals surface area contributed by atoms with Gasteiger partial charge >= 0.3 is 0 Å². The molecule has 0 spiro atoms. The summed E-state index contributed by atoms with van der Waals surface area (Å²) in [7, 11) is 1.83. The SMILES string of the molecule is C=C(C)N1C(=NC)CN=C(c2ccc(Cl)cc2)C2=C(C)C(C)SC21. The van der Waals surface area contributed by atoms with Crippen molar-refractivity contribution in [2.75, 3.05) is 13.6 Å². The van der Waals surface area contributed by atoms with Gasteiger partial charge in [0.1, 0.15) is 11.2 Å². The molecule has 2 unspecified atom stereocenters. The van der Waals surface area contributed by atoms with Crippen LogP contribution in [-0.4, -0.2) is 40.7 Å². The summed E-state index contributed by atoms with van der Waals surface area (Å²) >= 11 is 7.99. The van der Waals surface area contributed by atoms with E-state index in [1.165, 1.54) is 11.1 Å². The molecular formula is C19H22ClN3S. The molecule has 3 nitrogen and oxygen atoms in total. The third-order valence-corrected chi connectivity index (χ3v) is 6.27. The van der Waals surface area contributed by atoms with E-state index in [1.54, 1.807) is 0 Å². The van der Waals surface area contributed by atoms with E-state index < -0.39 is 0 Å². The number of nitrogens with zero attached hydrogens (tertiary/aromatic N) is 3. The molecule has 0 aromatic heterocycles. The van der Waals surface area contributed by atoms with Crippen LogP contribution >= 0.6 is 23.4 Å². The third kappa shape index (κ3) is 2.93. The molecule has 0 amide bonds. The summed E-state index contributed by atoms with van der Waals surface area (Å²) in [6.07, 6.45) is 0. The zero-order valence-electron chi connectivity index (χ0n) is 14.5. The van der Waals surface area contributed by atoms with E-state index in [9.17, 15) is 0 Å². The Balaban J connectivity index is 2.17. The highest BCUT2D eigenvalue weighted by molar-refractivity contribution is 8.01. The molecule has 2 heterocycles. The molecular weight excluding hydrogens is 338 g/mol. The maximum atomic E-state index is 6.06. The fraction of sp³-hybridized carbons (Fsp3) is 0.368. The highest BCUT2D eigenvalue weighted by Gasteiger charge is 2.39. The van der Waals surface area contributed by atoms with E-state index in [1.807, 2.05) is 50.0 Å². The van der Waals surface area contributed by atoms with Gasteiger partial charge < -0.3 is 4.90 Å². The third-order valence-electron chi connectivity index (χ3n) is 4.55. The Hall–Kier alpha value is -1.52. The molecule has 0 aliphatic carbocycles. The van der Waals surface area contributed by atoms with Crippen molar-refractivity contribution in [1.29, 1.82) is 0 Å². The van der Waals surface area contributed by atoms with Crippen LogP contribution in [0, 0.1) is 0 Å². The van der Waals surface area contributed by atoms with Crippen LogP contribution in [0.5, 0.6) is 0 Å². The van der Waals surface area contributed by atoms with Gasteiger partial charge in [-0.05, 0) is 32.9 Å². The Morgan fingerprint density at radius 3 is 2.62 bits per heavy atom. The summed E-state index contributed by atoms with van der Waals surface area (Å²) in [6.45, 7) is 11.2. The minimum Gasteiger partial charge on any atom is -0.317 e. The fourth-order valence-corrected chi connectivity index (χ4v) is 4.87. The van der Waals surface area contributed by atoms with Crippen LogP contribution in [0.4, 0.5) is 0 Å². The predicted octanol–water partition coefficient (Wildman–Crippen LogP) is 4.78. The van der Waals surface area contributed by atoms with Crippen molar-refractivity contribution in [3.05, 3.63) is 58.3 Å². The Kier molecular flexibility index (Phi) is 4.88. The first kappa shape index (κ1) is 17.3. The van der Waals surface area contributed by atoms with Crippen molar-refractivity contribution in [1.82, 2.24) is 4.90 Å². The van der Waals surface area contributed by atoms with E-state index in [0.717, 1.165) is 27.8 Å². The molecule has 24 heavy (non-hydrogen) atoms. The molecule has 0 saturated carbocycles. The minimum absolute atomic E-state index is 0.174. The number of thioether (sulfide) groups is 1. The Morgan fingerprint density at radius 1 is 1.38 bits per heavy atom. The average Bonchev–Trinajstić information content (AvgIpc) is 2.74. The highest BCUT2D eigenvalue weighted by Crippen LogP contribution is 2.44. The first-order valence-electron chi connectivity index (χ1n) is 8.01. The largest absolute Gasteiger partial charge is 0.317 e. The Morgan fingerprint density at radius 2 is 2.04 bits per heavy atom. The van der Waals surface area contributed by atoms with E-state index in [-0.39, 0.29) is 5.37 Å². The van der Waals surface area contributed by atoms with E-state index in [0.29, 0.717) is 11.8 Å². The van der Waals surface area contributed by atoms with Crippen LogP contribution in [-0.2, 0) is 0 Å². The second kappa shape index (κ2) is 6.77. The van der Waals surface area contributed by atoms with Gasteiger partial charge in [0.15, 0.2) is 0 Å². The topological polar surface area (TPSA) is 28.0 Å². The normalized spacial score (nSPS) is 25.6. The van der Waals surface area contributed by atoms with Gasteiger partial charge in [-0.2, -0.15) is 0 Å². The second-order valence-electron chi connectivity index (χ2n) is 6.14. The smallest absolute Gasteiger partial charge is 0.126 e. The van der Waals surface area contributed by atoms with Crippen molar-refractivity contribution in [3.63, 3.8) is 0 Å². The van der Waals surface area contributed by atoms with Crippen LogP contribution in [0.15, 0.2) is 57.7 Å². The molecule has 126 valence electrons. The van der Waals surface area contributed by atoms with Gasteiger partial charge in [-0.3, -0.25) is 9.98 Å². The van der Waals surface area contributed by atoms with Crippen LogP contribution in [0.3, 0.4) is 0 Å². The molecule has 0 fully saturated rings. The van der Waals surface area contributed by atoms with E-state index in [2.05, 4.69) is 30.3 Å². The van der Waals surface area contributed by atoms with Crippen molar-refractivity contribution in [3.8, 4) is 0 Å². The number of hydrogen-bond donors (Lipinski definition) is 0. The molecule has 1 aromatic rings. The van der Waals surface area contributed by atoms with Crippen LogP contribution in [0.25, 0.3) is 0 Å². The first-order chi connectivity index (χ1) is 11.4. The molecule has 5 heteroatoms. The number of hydrogen-bond acceptors (Lipinski definition) is 3. The van der Waals surface area contributed by atoms with Crippen LogP contribution in [0.1, 0.15) is 26.3 Å². The molecule has 0 radical (unpaired) electrons. The van der Waals surface area contributed by atoms with Crippen molar-refractivity contribution < 1.29 is 0 Å². The van der Waals surface area contributed by atoms with Crippen LogP contribution < -0.4 is 0 Å². The average molecular weight is 360 g/mol. The van der Waals surface area contributed by atoms with E-state index in [4.69, 9.17) is 16.6 Å². The summed E-state index contributed by atoms with van der Waals surface area (Å²) in [5.41, 5.74) is 5.82. The lowest BCUT2D eigenvalue weighted by Gasteiger charge is -2.31. The first-order valence-corrected chi connectivity index (χ1v) is 9.33. The lowest BCUT2D eigenvalue weighted by molar-refractivity contribution is 0.530. The molecule has 0 N–H and O–H groups in total. The Labute approximate surface area is 153 Å². The van der Waals surface area contributed by atoms with Crippen molar-refractivity contribution >= 4 is 34.9 Å². The van der Waals surface area contributed by atoms with Gasteiger partial charge in [0.05, 0.1) is 12.3 Å². The van der Waals surface area contributed by atoms with Gasteiger partial charge in [-0.1, -0.05) is 35.9 Å². The molecule has 0 saturated heterocycles. The zero-order valence-corrected chi connectivity index (χ0v) is 16.1. The van der Waals surface area contributed by atoms with E-state index >= 15 is 0 Å². The summed E-state index contributed by atoms with van der Waals surface area (Å²) in [4.78, 5) is 11.6. The predicted molar refractivity (Wildman–Crippen MR) is 106 cm³/mol. The summed E-state index contributed by atoms with van der Waals surface area (Å²) in [6, 6.07) is 7.94. The van der Waals surface area contributed by atoms with Gasteiger partial charge in [0.25, 0.3) is 0 Å². The maximum absolute atomic E-state index is 6.06. The highest BCUT2D eigenvalue weighted by atomic mass is 35.5. The minimum atomic E-state index is 0.174. The van der Waals surface area contributed by atoms with Crippen LogP contribution in [0.2, 0.25) is 5.02 Å². The number of amidine groups is 1. The lowest BCUT2D eigenvalue weighted by Crippen LogP contribution is -2.38. The molecule has 2 atom stereocenters. The van der Waals surface area contributed by atoms with Gasteiger partial charge in [-0.15, -0.1) is 11.8 Å². The number of fused-ring (bicyclic) bond motifs is 1. The van der Waals surface area contributed by atoms with Gasteiger partial charge in [-0.25, -0.2) is 0 Å². The molecule has 2 aliphatic heterocycles. The molecule has 0 bridgehead atoms. The summed E-state index contributed by atoms with van der Waals surface area (Å²) in [5, 5.41) is 1.36. The summed E-state index contributed by atoms with van der Waals surface area (Å²) in [5.74, 6) is 0.961. The van der Waals surface area contributed by atoms with Gasteiger partial charge in [0.2, 0.25) is 0 Å². The number of allylic oxidation sites excluding steroid dienone is 1. The van der Waals surface area contributed by atoms with Crippen molar-refractivity contribution in [2.45, 2.75) is 31.4 Å². The second-order valence-corrected chi connectivity index (χ2v) is 8.01. The standard InChI is InChI=1S/C19H22ClN3S/c1-11(2)23-16(21-5)10-22-18(14-6-8-15(20)9-7-14)17-12(3)13(4)24-19(17)23/h6-9,13,19H,1,10H2,2-5H3. The fourth-order valence-electron chi connectivity index (χ4n) is 3.17. The zero-order chi connectivity index (χ0) is 17.4. The lowest BCUT2D eigenvalue weighted by atomic mass is 9.96. The molecule has 1 aromatic carbocycles. The quantitative estimate of drug-likeness (QED) is 0.759. The van der Waals surface area contributed by atoms with Gasteiger partial charge in [0, 0.05) is 34.2 Å². The maximum Gasteiger partial charge on any atom is 0.126 e. The number of rotatable bonds is 2. The summed E-state index contributed by atoms with van der Waals surface area (Å²) < 4.78 is 0. The molecule has 3 rings (SSSR count). The molecule has 2 aliphatic rings. The Bertz CT molecular complexity index is 761. The van der Waals surface area contributed by atoms with Crippen molar-refractivity contribution in [2.24, 2.45) is 9.98 Å². The number of halogens is 1. The monoisotopic (exact) mass is 359 g/mol. The number of aliphatic imine (C=N–C) groups is 2. The number of benzene rings is 1.